The van der Waals surface area contributed by atoms with Crippen molar-refractivity contribution >= 4 is 17.5 Å². The van der Waals surface area contributed by atoms with Crippen LogP contribution < -0.4 is 0 Å². The smallest absolute Gasteiger partial charge is 0.176 e. The molecule has 88 valence electrons. The first-order chi connectivity index (χ1) is 8.31. The van der Waals surface area contributed by atoms with Crippen molar-refractivity contribution in [2.45, 2.75) is 23.8 Å². The average molecular weight is 246 g/mol. The third-order valence-corrected chi connectivity index (χ3v) is 3.73. The first-order valence-electron chi connectivity index (χ1n) is 5.56. The van der Waals surface area contributed by atoms with Crippen molar-refractivity contribution in [3.05, 3.63) is 48.3 Å². The van der Waals surface area contributed by atoms with Crippen molar-refractivity contribution in [3.8, 4) is 0 Å². The molecule has 2 aromatic rings. The maximum atomic E-state index is 12.2. The van der Waals surface area contributed by atoms with Crippen LogP contribution in [-0.4, -0.2) is 21.0 Å². The number of ketones is 1. The van der Waals surface area contributed by atoms with Crippen LogP contribution in [0.15, 0.2) is 47.9 Å². The standard InChI is InChI=1S/C13H14N2OS/c1-2-11(17-13-14-8-9-15-13)12(16)10-6-4-3-5-7-10/h3-9,11H,2H2,1H3,(H,14,15). The molecule has 2 rings (SSSR count). The summed E-state index contributed by atoms with van der Waals surface area (Å²) in [6.45, 7) is 2.02. The number of Topliss-reactive ketones (excluding diaryl/α,β-unsaturated/α-hetero) is 1. The molecule has 0 saturated carbocycles. The van der Waals surface area contributed by atoms with Crippen LogP contribution in [-0.2, 0) is 0 Å². The summed E-state index contributed by atoms with van der Waals surface area (Å²) in [7, 11) is 0. The van der Waals surface area contributed by atoms with Crippen LogP contribution in [0.25, 0.3) is 0 Å². The van der Waals surface area contributed by atoms with Crippen LogP contribution in [0.4, 0.5) is 0 Å². The summed E-state index contributed by atoms with van der Waals surface area (Å²) < 4.78 is 0. The highest BCUT2D eigenvalue weighted by atomic mass is 32.2. The second-order valence-corrected chi connectivity index (χ2v) is 4.83. The second kappa shape index (κ2) is 5.68. The van der Waals surface area contributed by atoms with Gasteiger partial charge in [-0.15, -0.1) is 0 Å². The van der Waals surface area contributed by atoms with Gasteiger partial charge in [-0.05, 0) is 6.42 Å². The minimum Gasteiger partial charge on any atom is -0.340 e. The zero-order chi connectivity index (χ0) is 12.1. The lowest BCUT2D eigenvalue weighted by molar-refractivity contribution is 0.0988. The molecule has 0 aliphatic rings. The van der Waals surface area contributed by atoms with Gasteiger partial charge in [-0.3, -0.25) is 4.79 Å². The number of carbonyl (C=O) groups is 1. The molecule has 3 nitrogen and oxygen atoms in total. The Morgan fingerprint density at radius 3 is 2.76 bits per heavy atom. The Labute approximate surface area is 105 Å². The minimum absolute atomic E-state index is 0.0800. The number of thioether (sulfide) groups is 1. The molecule has 1 aromatic heterocycles. The van der Waals surface area contributed by atoms with Gasteiger partial charge < -0.3 is 4.98 Å². The Hall–Kier alpha value is -1.55. The van der Waals surface area contributed by atoms with Crippen molar-refractivity contribution in [1.29, 1.82) is 0 Å². The quantitative estimate of drug-likeness (QED) is 0.651. The highest BCUT2D eigenvalue weighted by Gasteiger charge is 2.20. The highest BCUT2D eigenvalue weighted by molar-refractivity contribution is 8.00. The monoisotopic (exact) mass is 246 g/mol. The molecular weight excluding hydrogens is 232 g/mol. The number of nitrogens with one attached hydrogen (secondary N) is 1. The molecule has 0 amide bonds. The van der Waals surface area contributed by atoms with Crippen molar-refractivity contribution in [3.63, 3.8) is 0 Å². The van der Waals surface area contributed by atoms with Crippen molar-refractivity contribution in [2.24, 2.45) is 0 Å². The van der Waals surface area contributed by atoms with Gasteiger partial charge in [0.2, 0.25) is 0 Å². The Balaban J connectivity index is 2.11. The first kappa shape index (κ1) is 11.9. The highest BCUT2D eigenvalue weighted by Crippen LogP contribution is 2.24. The van der Waals surface area contributed by atoms with Gasteiger partial charge in [0.15, 0.2) is 10.9 Å². The molecule has 0 saturated heterocycles. The molecule has 0 aliphatic carbocycles. The largest absolute Gasteiger partial charge is 0.340 e. The lowest BCUT2D eigenvalue weighted by atomic mass is 10.1. The van der Waals surface area contributed by atoms with E-state index in [1.807, 2.05) is 37.3 Å². The zero-order valence-electron chi connectivity index (χ0n) is 9.59. The van der Waals surface area contributed by atoms with Crippen molar-refractivity contribution < 1.29 is 4.79 Å². The maximum Gasteiger partial charge on any atom is 0.176 e. The number of imidazole rings is 1. The average Bonchev–Trinajstić information content (AvgIpc) is 2.89. The van der Waals surface area contributed by atoms with E-state index in [2.05, 4.69) is 9.97 Å². The van der Waals surface area contributed by atoms with E-state index >= 15 is 0 Å². The van der Waals surface area contributed by atoms with Gasteiger partial charge >= 0.3 is 0 Å². The minimum atomic E-state index is -0.0800. The van der Waals surface area contributed by atoms with Crippen LogP contribution in [0, 0.1) is 0 Å². The number of hydrogen-bond acceptors (Lipinski definition) is 3. The summed E-state index contributed by atoms with van der Waals surface area (Å²) in [5.74, 6) is 0.162. The molecule has 1 N–H and O–H groups in total. The Morgan fingerprint density at radius 1 is 1.41 bits per heavy atom. The summed E-state index contributed by atoms with van der Waals surface area (Å²) in [6.07, 6.45) is 4.25. The molecule has 1 atom stereocenters. The fourth-order valence-electron chi connectivity index (χ4n) is 1.56. The van der Waals surface area contributed by atoms with Gasteiger partial charge in [-0.25, -0.2) is 4.98 Å². The Kier molecular flexibility index (Phi) is 3.98. The van der Waals surface area contributed by atoms with Crippen LogP contribution in [0.1, 0.15) is 23.7 Å². The van der Waals surface area contributed by atoms with E-state index < -0.39 is 0 Å². The fourth-order valence-corrected chi connectivity index (χ4v) is 2.50. The van der Waals surface area contributed by atoms with E-state index in [0.717, 1.165) is 17.1 Å². The van der Waals surface area contributed by atoms with Gasteiger partial charge in [0.05, 0.1) is 5.25 Å². The summed E-state index contributed by atoms with van der Waals surface area (Å²) >= 11 is 1.48. The summed E-state index contributed by atoms with van der Waals surface area (Å²) in [5.41, 5.74) is 0.762. The van der Waals surface area contributed by atoms with Crippen LogP contribution in [0.5, 0.6) is 0 Å². The molecule has 0 bridgehead atoms. The molecule has 0 aliphatic heterocycles. The van der Waals surface area contributed by atoms with Gasteiger partial charge in [0.25, 0.3) is 0 Å². The van der Waals surface area contributed by atoms with E-state index in [4.69, 9.17) is 0 Å². The number of rotatable bonds is 5. The van der Waals surface area contributed by atoms with E-state index in [0.29, 0.717) is 0 Å². The van der Waals surface area contributed by atoms with E-state index in [1.54, 1.807) is 12.4 Å². The third-order valence-electron chi connectivity index (χ3n) is 2.45. The van der Waals surface area contributed by atoms with Crippen LogP contribution in [0.3, 0.4) is 0 Å². The van der Waals surface area contributed by atoms with E-state index in [9.17, 15) is 4.79 Å². The summed E-state index contributed by atoms with van der Waals surface area (Å²) in [6, 6.07) is 9.40. The Bertz CT molecular complexity index is 467. The number of nitrogens with zero attached hydrogens (tertiary/aromatic N) is 1. The molecule has 1 heterocycles. The number of aromatic nitrogens is 2. The summed E-state index contributed by atoms with van der Waals surface area (Å²) in [4.78, 5) is 19.4. The van der Waals surface area contributed by atoms with Gasteiger partial charge in [0, 0.05) is 18.0 Å². The second-order valence-electron chi connectivity index (χ2n) is 3.64. The zero-order valence-corrected chi connectivity index (χ0v) is 10.4. The van der Waals surface area contributed by atoms with Gasteiger partial charge in [-0.2, -0.15) is 0 Å². The Morgan fingerprint density at radius 2 is 2.18 bits per heavy atom. The maximum absolute atomic E-state index is 12.2. The molecule has 0 radical (unpaired) electrons. The van der Waals surface area contributed by atoms with E-state index in [1.165, 1.54) is 11.8 Å². The predicted molar refractivity (Wildman–Crippen MR) is 69.3 cm³/mol. The SMILES string of the molecule is CCC(Sc1ncc[nH]1)C(=O)c1ccccc1. The van der Waals surface area contributed by atoms with Gasteiger partial charge in [0.1, 0.15) is 0 Å². The summed E-state index contributed by atoms with van der Waals surface area (Å²) in [5, 5.41) is 0.713. The first-order valence-corrected chi connectivity index (χ1v) is 6.44. The number of carbonyl (C=O) groups excluding carboxylic acids is 1. The number of aromatic amines is 1. The van der Waals surface area contributed by atoms with Crippen LogP contribution in [0.2, 0.25) is 0 Å². The fraction of sp³-hybridized carbons (Fsp3) is 0.231. The lowest BCUT2D eigenvalue weighted by Crippen LogP contribution is -2.16. The van der Waals surface area contributed by atoms with E-state index in [-0.39, 0.29) is 11.0 Å². The van der Waals surface area contributed by atoms with Crippen molar-refractivity contribution in [1.82, 2.24) is 9.97 Å². The number of benzene rings is 1. The number of hydrogen-bond donors (Lipinski definition) is 1. The topological polar surface area (TPSA) is 45.8 Å². The normalized spacial score (nSPS) is 12.3. The molecule has 0 spiro atoms. The lowest BCUT2D eigenvalue weighted by Gasteiger charge is -2.11. The van der Waals surface area contributed by atoms with Crippen molar-refractivity contribution in [2.75, 3.05) is 0 Å². The molecule has 17 heavy (non-hydrogen) atoms. The molecule has 4 heteroatoms. The molecule has 1 unspecified atom stereocenters. The predicted octanol–water partition coefficient (Wildman–Crippen LogP) is 3.16. The molecular formula is C13H14N2OS. The number of H-pyrrole nitrogens is 1. The molecule has 1 aromatic carbocycles. The van der Waals surface area contributed by atoms with Crippen LogP contribution >= 0.6 is 11.8 Å². The third kappa shape index (κ3) is 2.97. The molecule has 0 fully saturated rings. The van der Waals surface area contributed by atoms with Gasteiger partial charge in [-0.1, -0.05) is 49.0 Å².